The molecule has 1 aliphatic rings. The Labute approximate surface area is 117 Å². The zero-order valence-corrected chi connectivity index (χ0v) is 11.1. The molecule has 0 saturated heterocycles. The highest BCUT2D eigenvalue weighted by atomic mass is 16.6. The third-order valence-electron chi connectivity index (χ3n) is 3.20. The number of rotatable bonds is 2. The number of hydrogen-bond donors (Lipinski definition) is 0. The molecule has 0 atom stereocenters. The average Bonchev–Trinajstić information content (AvgIpc) is 2.53. The summed E-state index contributed by atoms with van der Waals surface area (Å²) in [6.45, 7) is 1.14. The van der Waals surface area contributed by atoms with Gasteiger partial charge in [-0.2, -0.15) is 5.26 Å². The Bertz CT molecular complexity index is 689. The van der Waals surface area contributed by atoms with Gasteiger partial charge in [0.05, 0.1) is 12.7 Å². The van der Waals surface area contributed by atoms with Gasteiger partial charge in [0.1, 0.15) is 25.0 Å². The molecule has 0 bridgehead atoms. The van der Waals surface area contributed by atoms with Crippen LogP contribution in [0, 0.1) is 11.3 Å². The Morgan fingerprint density at radius 3 is 2.45 bits per heavy atom. The van der Waals surface area contributed by atoms with Gasteiger partial charge in [-0.3, -0.25) is 0 Å². The summed E-state index contributed by atoms with van der Waals surface area (Å²) in [7, 11) is 1.56. The minimum atomic E-state index is 0.522. The zero-order chi connectivity index (χ0) is 13.9. The number of nitriles is 1. The van der Waals surface area contributed by atoms with Crippen molar-refractivity contribution in [2.75, 3.05) is 20.3 Å². The van der Waals surface area contributed by atoms with Gasteiger partial charge in [-0.25, -0.2) is 0 Å². The van der Waals surface area contributed by atoms with Crippen LogP contribution < -0.4 is 14.2 Å². The molecular formula is C16H13NO3. The van der Waals surface area contributed by atoms with E-state index < -0.39 is 0 Å². The maximum Gasteiger partial charge on any atom is 0.161 e. The standard InChI is InChI=1S/C16H13NO3/c1-18-15-8-11(2-3-13(15)10-17)12-4-5-14-16(9-12)20-7-6-19-14/h2-5,8-9H,6-7H2,1H3. The van der Waals surface area contributed by atoms with E-state index >= 15 is 0 Å². The van der Waals surface area contributed by atoms with Crippen molar-refractivity contribution in [3.05, 3.63) is 42.0 Å². The summed E-state index contributed by atoms with van der Waals surface area (Å²) >= 11 is 0. The lowest BCUT2D eigenvalue weighted by atomic mass is 10.0. The van der Waals surface area contributed by atoms with Crippen molar-refractivity contribution < 1.29 is 14.2 Å². The fourth-order valence-corrected chi connectivity index (χ4v) is 2.19. The van der Waals surface area contributed by atoms with E-state index in [2.05, 4.69) is 6.07 Å². The summed E-state index contributed by atoms with van der Waals surface area (Å²) in [5, 5.41) is 9.00. The molecule has 0 amide bonds. The maximum atomic E-state index is 9.00. The number of nitrogens with zero attached hydrogens (tertiary/aromatic N) is 1. The van der Waals surface area contributed by atoms with Crippen molar-refractivity contribution in [3.8, 4) is 34.4 Å². The Kier molecular flexibility index (Phi) is 3.18. The molecule has 1 heterocycles. The predicted molar refractivity (Wildman–Crippen MR) is 74.1 cm³/mol. The molecule has 0 N–H and O–H groups in total. The smallest absolute Gasteiger partial charge is 0.161 e. The quantitative estimate of drug-likeness (QED) is 0.839. The first-order chi connectivity index (χ1) is 9.81. The number of ether oxygens (including phenoxy) is 3. The normalized spacial score (nSPS) is 12.6. The van der Waals surface area contributed by atoms with Crippen LogP contribution in [0.5, 0.6) is 17.2 Å². The molecular weight excluding hydrogens is 254 g/mol. The van der Waals surface area contributed by atoms with Gasteiger partial charge in [0.25, 0.3) is 0 Å². The van der Waals surface area contributed by atoms with Crippen molar-refractivity contribution in [2.45, 2.75) is 0 Å². The summed E-state index contributed by atoms with van der Waals surface area (Å²) in [6, 6.07) is 13.4. The molecule has 0 saturated carbocycles. The van der Waals surface area contributed by atoms with Crippen LogP contribution in [0.1, 0.15) is 5.56 Å². The topological polar surface area (TPSA) is 51.5 Å². The highest BCUT2D eigenvalue weighted by Gasteiger charge is 2.13. The Morgan fingerprint density at radius 1 is 1.00 bits per heavy atom. The Balaban J connectivity index is 2.03. The van der Waals surface area contributed by atoms with Crippen LogP contribution in [0.15, 0.2) is 36.4 Å². The molecule has 0 unspecified atom stereocenters. The molecule has 0 aliphatic carbocycles. The van der Waals surface area contributed by atoms with Gasteiger partial charge in [-0.15, -0.1) is 0 Å². The average molecular weight is 267 g/mol. The second-order valence-electron chi connectivity index (χ2n) is 4.39. The van der Waals surface area contributed by atoms with Crippen LogP contribution >= 0.6 is 0 Å². The van der Waals surface area contributed by atoms with Crippen molar-refractivity contribution in [3.63, 3.8) is 0 Å². The summed E-state index contributed by atoms with van der Waals surface area (Å²) in [5.74, 6) is 2.08. The van der Waals surface area contributed by atoms with Crippen molar-refractivity contribution >= 4 is 0 Å². The fourth-order valence-electron chi connectivity index (χ4n) is 2.19. The van der Waals surface area contributed by atoms with E-state index in [0.717, 1.165) is 22.6 Å². The number of hydrogen-bond acceptors (Lipinski definition) is 4. The van der Waals surface area contributed by atoms with E-state index in [-0.39, 0.29) is 0 Å². The van der Waals surface area contributed by atoms with Crippen LogP contribution in [0.4, 0.5) is 0 Å². The lowest BCUT2D eigenvalue weighted by molar-refractivity contribution is 0.171. The van der Waals surface area contributed by atoms with E-state index in [0.29, 0.717) is 24.5 Å². The summed E-state index contributed by atoms with van der Waals surface area (Å²) in [5.41, 5.74) is 2.49. The third-order valence-corrected chi connectivity index (χ3v) is 3.20. The van der Waals surface area contributed by atoms with Crippen molar-refractivity contribution in [1.82, 2.24) is 0 Å². The minimum Gasteiger partial charge on any atom is -0.495 e. The molecule has 20 heavy (non-hydrogen) atoms. The van der Waals surface area contributed by atoms with E-state index in [1.807, 2.05) is 30.3 Å². The Hall–Kier alpha value is -2.67. The Morgan fingerprint density at radius 2 is 1.70 bits per heavy atom. The zero-order valence-electron chi connectivity index (χ0n) is 11.1. The van der Waals surface area contributed by atoms with Crippen LogP contribution in [0.25, 0.3) is 11.1 Å². The second kappa shape index (κ2) is 5.14. The molecule has 4 nitrogen and oxygen atoms in total. The summed E-state index contributed by atoms with van der Waals surface area (Å²) in [6.07, 6.45) is 0. The highest BCUT2D eigenvalue weighted by Crippen LogP contribution is 2.35. The van der Waals surface area contributed by atoms with E-state index in [9.17, 15) is 0 Å². The first-order valence-corrected chi connectivity index (χ1v) is 6.30. The molecule has 3 rings (SSSR count). The van der Waals surface area contributed by atoms with Crippen molar-refractivity contribution in [1.29, 1.82) is 5.26 Å². The predicted octanol–water partition coefficient (Wildman–Crippen LogP) is 3.01. The fraction of sp³-hybridized carbons (Fsp3) is 0.188. The van der Waals surface area contributed by atoms with Crippen molar-refractivity contribution in [2.24, 2.45) is 0 Å². The summed E-state index contributed by atoms with van der Waals surface area (Å²) < 4.78 is 16.3. The molecule has 0 aromatic heterocycles. The monoisotopic (exact) mass is 267 g/mol. The van der Waals surface area contributed by atoms with Gasteiger partial charge in [0.15, 0.2) is 11.5 Å². The van der Waals surface area contributed by atoms with Crippen LogP contribution in [-0.2, 0) is 0 Å². The van der Waals surface area contributed by atoms with Gasteiger partial charge < -0.3 is 14.2 Å². The molecule has 1 aliphatic heterocycles. The van der Waals surface area contributed by atoms with Gasteiger partial charge in [-0.1, -0.05) is 12.1 Å². The van der Waals surface area contributed by atoms with E-state index in [1.54, 1.807) is 13.2 Å². The first-order valence-electron chi connectivity index (χ1n) is 6.30. The molecule has 4 heteroatoms. The number of benzene rings is 2. The van der Waals surface area contributed by atoms with Gasteiger partial charge in [0, 0.05) is 0 Å². The third kappa shape index (κ3) is 2.14. The number of methoxy groups -OCH3 is 1. The number of fused-ring (bicyclic) bond motifs is 1. The molecule has 0 radical (unpaired) electrons. The molecule has 2 aromatic rings. The lowest BCUT2D eigenvalue weighted by Crippen LogP contribution is -2.15. The van der Waals surface area contributed by atoms with Gasteiger partial charge in [-0.05, 0) is 35.4 Å². The molecule has 0 spiro atoms. The second-order valence-corrected chi connectivity index (χ2v) is 4.39. The first kappa shape index (κ1) is 12.4. The van der Waals surface area contributed by atoms with Crippen LogP contribution in [0.2, 0.25) is 0 Å². The molecule has 100 valence electrons. The van der Waals surface area contributed by atoms with Gasteiger partial charge in [0.2, 0.25) is 0 Å². The maximum absolute atomic E-state index is 9.00. The molecule has 2 aromatic carbocycles. The minimum absolute atomic E-state index is 0.522. The lowest BCUT2D eigenvalue weighted by Gasteiger charge is -2.19. The summed E-state index contributed by atoms with van der Waals surface area (Å²) in [4.78, 5) is 0. The van der Waals surface area contributed by atoms with E-state index in [4.69, 9.17) is 19.5 Å². The SMILES string of the molecule is COc1cc(-c2ccc3c(c2)OCCO3)ccc1C#N. The van der Waals surface area contributed by atoms with E-state index in [1.165, 1.54) is 0 Å². The highest BCUT2D eigenvalue weighted by molar-refractivity contribution is 5.70. The van der Waals surface area contributed by atoms with Crippen LogP contribution in [0.3, 0.4) is 0 Å². The molecule has 0 fully saturated rings. The largest absolute Gasteiger partial charge is 0.495 e. The van der Waals surface area contributed by atoms with Crippen LogP contribution in [-0.4, -0.2) is 20.3 Å². The van der Waals surface area contributed by atoms with Gasteiger partial charge >= 0.3 is 0 Å².